The van der Waals surface area contributed by atoms with Crippen molar-refractivity contribution in [2.75, 3.05) is 0 Å². The van der Waals surface area contributed by atoms with E-state index in [1.807, 2.05) is 46.7 Å². The number of hydrogen-bond acceptors (Lipinski definition) is 3. The van der Waals surface area contributed by atoms with Crippen LogP contribution >= 0.6 is 11.3 Å². The molecule has 3 atom stereocenters. The first-order chi connectivity index (χ1) is 13.1. The first-order valence-electron chi connectivity index (χ1n) is 9.78. The Labute approximate surface area is 164 Å². The summed E-state index contributed by atoms with van der Waals surface area (Å²) in [7, 11) is 0. The van der Waals surface area contributed by atoms with Gasteiger partial charge >= 0.3 is 0 Å². The largest absolute Gasteiger partial charge is 0.351 e. The third-order valence-electron chi connectivity index (χ3n) is 6.34. The fraction of sp³-hybridized carbons (Fsp3) is 0.455. The molecule has 2 fully saturated rings. The molecule has 0 saturated carbocycles. The molecule has 0 spiro atoms. The van der Waals surface area contributed by atoms with Crippen LogP contribution in [0.25, 0.3) is 0 Å². The van der Waals surface area contributed by atoms with Gasteiger partial charge in [0.05, 0.1) is 11.8 Å². The van der Waals surface area contributed by atoms with Crippen LogP contribution in [-0.2, 0) is 22.6 Å². The molecule has 27 heavy (non-hydrogen) atoms. The number of amides is 2. The van der Waals surface area contributed by atoms with E-state index in [4.69, 9.17) is 0 Å². The van der Waals surface area contributed by atoms with Gasteiger partial charge in [-0.25, -0.2) is 0 Å². The van der Waals surface area contributed by atoms with E-state index in [9.17, 15) is 9.59 Å². The number of hydrogen-bond donors (Lipinski definition) is 1. The first kappa shape index (κ1) is 18.2. The fourth-order valence-corrected chi connectivity index (χ4v) is 5.63. The van der Waals surface area contributed by atoms with Crippen molar-refractivity contribution in [3.05, 3.63) is 58.3 Å². The molecule has 3 heterocycles. The van der Waals surface area contributed by atoms with Crippen molar-refractivity contribution in [3.8, 4) is 0 Å². The molecule has 4 rings (SSSR count). The van der Waals surface area contributed by atoms with Crippen molar-refractivity contribution in [1.29, 1.82) is 0 Å². The zero-order chi connectivity index (χ0) is 18.9. The van der Waals surface area contributed by atoms with E-state index in [0.717, 1.165) is 36.8 Å². The van der Waals surface area contributed by atoms with Crippen LogP contribution < -0.4 is 5.32 Å². The highest BCUT2D eigenvalue weighted by Crippen LogP contribution is 2.52. The molecule has 1 aromatic carbocycles. The van der Waals surface area contributed by atoms with Crippen molar-refractivity contribution in [1.82, 2.24) is 10.2 Å². The Morgan fingerprint density at radius 1 is 1.19 bits per heavy atom. The van der Waals surface area contributed by atoms with Gasteiger partial charge in [-0.3, -0.25) is 9.59 Å². The Morgan fingerprint density at radius 3 is 2.70 bits per heavy atom. The minimum atomic E-state index is -0.439. The Balaban J connectivity index is 1.48. The number of thiophene rings is 1. The van der Waals surface area contributed by atoms with Gasteiger partial charge in [0, 0.05) is 18.6 Å². The van der Waals surface area contributed by atoms with Gasteiger partial charge in [0.2, 0.25) is 11.8 Å². The van der Waals surface area contributed by atoms with E-state index >= 15 is 0 Å². The van der Waals surface area contributed by atoms with Crippen LogP contribution in [0.3, 0.4) is 0 Å². The summed E-state index contributed by atoms with van der Waals surface area (Å²) in [6.07, 6.45) is 3.95. The first-order valence-corrected chi connectivity index (χ1v) is 10.7. The lowest BCUT2D eigenvalue weighted by Crippen LogP contribution is -2.49. The molecule has 2 amide bonds. The SMILES string of the molecule is CC[C@@]1(C(=O)NCc2ccsc2)C[C@@H]2CC[C@H]1N2C(=O)Cc1ccccc1. The minimum Gasteiger partial charge on any atom is -0.351 e. The van der Waals surface area contributed by atoms with Gasteiger partial charge in [0.25, 0.3) is 0 Å². The maximum atomic E-state index is 13.2. The van der Waals surface area contributed by atoms with Crippen molar-refractivity contribution in [3.63, 3.8) is 0 Å². The Hall–Kier alpha value is -2.14. The number of carbonyl (C=O) groups is 2. The molecule has 1 N–H and O–H groups in total. The Morgan fingerprint density at radius 2 is 2.00 bits per heavy atom. The number of benzene rings is 1. The normalized spacial score (nSPS) is 26.3. The van der Waals surface area contributed by atoms with Crippen LogP contribution in [0.4, 0.5) is 0 Å². The predicted octanol–water partition coefficient (Wildman–Crippen LogP) is 3.77. The average Bonchev–Trinajstić information content (AvgIpc) is 3.42. The van der Waals surface area contributed by atoms with E-state index in [0.29, 0.717) is 13.0 Å². The van der Waals surface area contributed by atoms with Crippen LogP contribution in [0.15, 0.2) is 47.2 Å². The number of nitrogens with zero attached hydrogens (tertiary/aromatic N) is 1. The van der Waals surface area contributed by atoms with Gasteiger partial charge in [-0.2, -0.15) is 11.3 Å². The second-order valence-corrected chi connectivity index (χ2v) is 8.52. The number of rotatable bonds is 6. The molecule has 2 saturated heterocycles. The zero-order valence-corrected chi connectivity index (χ0v) is 16.5. The highest BCUT2D eigenvalue weighted by atomic mass is 32.1. The molecule has 4 nitrogen and oxygen atoms in total. The van der Waals surface area contributed by atoms with Gasteiger partial charge in [0.1, 0.15) is 0 Å². The maximum Gasteiger partial charge on any atom is 0.228 e. The zero-order valence-electron chi connectivity index (χ0n) is 15.7. The lowest BCUT2D eigenvalue weighted by Gasteiger charge is -2.35. The van der Waals surface area contributed by atoms with E-state index in [2.05, 4.69) is 17.6 Å². The molecular weight excluding hydrogens is 356 g/mol. The molecule has 0 radical (unpaired) electrons. The summed E-state index contributed by atoms with van der Waals surface area (Å²) in [5.74, 6) is 0.274. The topological polar surface area (TPSA) is 49.4 Å². The standard InChI is InChI=1S/C22H26N2O2S/c1-2-22(21(26)23-14-17-10-11-27-15-17)13-18-8-9-19(22)24(18)20(25)12-16-6-4-3-5-7-16/h3-7,10-11,15,18-19H,2,8-9,12-14H2,1H3,(H,23,26)/t18-,19+,22+/m0/s1. The molecule has 2 aliphatic rings. The van der Waals surface area contributed by atoms with Crippen molar-refractivity contribution in [2.24, 2.45) is 5.41 Å². The average molecular weight is 383 g/mol. The van der Waals surface area contributed by atoms with E-state index < -0.39 is 5.41 Å². The summed E-state index contributed by atoms with van der Waals surface area (Å²) in [6, 6.07) is 12.2. The minimum absolute atomic E-state index is 0.0335. The fourth-order valence-electron chi connectivity index (χ4n) is 4.96. The third-order valence-corrected chi connectivity index (χ3v) is 7.07. The molecular formula is C22H26N2O2S. The molecule has 2 bridgehead atoms. The monoisotopic (exact) mass is 382 g/mol. The molecule has 0 unspecified atom stereocenters. The molecule has 1 aromatic heterocycles. The van der Waals surface area contributed by atoms with Gasteiger partial charge in [-0.05, 0) is 53.6 Å². The van der Waals surface area contributed by atoms with Crippen LogP contribution in [0.5, 0.6) is 0 Å². The molecule has 5 heteroatoms. The summed E-state index contributed by atoms with van der Waals surface area (Å²) in [5, 5.41) is 7.23. The van der Waals surface area contributed by atoms with Gasteiger partial charge in [-0.15, -0.1) is 0 Å². The molecule has 2 aromatic rings. The molecule has 0 aliphatic carbocycles. The maximum absolute atomic E-state index is 13.2. The summed E-state index contributed by atoms with van der Waals surface area (Å²) in [6.45, 7) is 2.66. The number of fused-ring (bicyclic) bond motifs is 2. The van der Waals surface area contributed by atoms with E-state index in [-0.39, 0.29) is 23.9 Å². The van der Waals surface area contributed by atoms with Crippen molar-refractivity contribution >= 4 is 23.2 Å². The molecule has 2 aliphatic heterocycles. The number of carbonyl (C=O) groups excluding carboxylic acids is 2. The Kier molecular flexibility index (Phi) is 5.04. The Bertz CT molecular complexity index is 805. The van der Waals surface area contributed by atoms with Gasteiger partial charge in [-0.1, -0.05) is 37.3 Å². The van der Waals surface area contributed by atoms with Gasteiger partial charge in [0.15, 0.2) is 0 Å². The van der Waals surface area contributed by atoms with Crippen molar-refractivity contribution in [2.45, 2.75) is 57.7 Å². The summed E-state index contributed by atoms with van der Waals surface area (Å²) in [4.78, 5) is 28.2. The van der Waals surface area contributed by atoms with Crippen LogP contribution in [0, 0.1) is 5.41 Å². The van der Waals surface area contributed by atoms with Crippen LogP contribution in [-0.4, -0.2) is 28.8 Å². The highest BCUT2D eigenvalue weighted by molar-refractivity contribution is 7.07. The van der Waals surface area contributed by atoms with E-state index in [1.165, 1.54) is 0 Å². The predicted molar refractivity (Wildman–Crippen MR) is 107 cm³/mol. The lowest BCUT2D eigenvalue weighted by molar-refractivity contribution is -0.136. The van der Waals surface area contributed by atoms with Crippen LogP contribution in [0.1, 0.15) is 43.7 Å². The second kappa shape index (κ2) is 7.47. The highest BCUT2D eigenvalue weighted by Gasteiger charge is 2.59. The number of nitrogens with one attached hydrogen (secondary N) is 1. The molecule has 142 valence electrons. The quantitative estimate of drug-likeness (QED) is 0.827. The van der Waals surface area contributed by atoms with Crippen molar-refractivity contribution < 1.29 is 9.59 Å². The summed E-state index contributed by atoms with van der Waals surface area (Å²) >= 11 is 1.64. The smallest absolute Gasteiger partial charge is 0.228 e. The van der Waals surface area contributed by atoms with Gasteiger partial charge < -0.3 is 10.2 Å². The third kappa shape index (κ3) is 3.29. The summed E-state index contributed by atoms with van der Waals surface area (Å²) in [5.41, 5.74) is 1.74. The second-order valence-electron chi connectivity index (χ2n) is 7.74. The van der Waals surface area contributed by atoms with E-state index in [1.54, 1.807) is 11.3 Å². The summed E-state index contributed by atoms with van der Waals surface area (Å²) < 4.78 is 0. The van der Waals surface area contributed by atoms with Crippen LogP contribution in [0.2, 0.25) is 0 Å². The lowest BCUT2D eigenvalue weighted by atomic mass is 9.71.